The minimum atomic E-state index is 0.121. The highest BCUT2D eigenvalue weighted by Gasteiger charge is 2.30. The summed E-state index contributed by atoms with van der Waals surface area (Å²) >= 11 is 1.52. The molecule has 1 saturated heterocycles. The van der Waals surface area contributed by atoms with Gasteiger partial charge >= 0.3 is 0 Å². The number of carbonyl (C=O) groups is 1. The fourth-order valence-electron chi connectivity index (χ4n) is 1.83. The van der Waals surface area contributed by atoms with E-state index in [1.165, 1.54) is 17.3 Å². The molecule has 2 rings (SSSR count). The second kappa shape index (κ2) is 4.92. The second-order valence-corrected chi connectivity index (χ2v) is 4.94. The number of rotatable bonds is 2. The van der Waals surface area contributed by atoms with E-state index in [0.717, 1.165) is 16.4 Å². The maximum absolute atomic E-state index is 11.9. The fraction of sp³-hybridized carbons (Fsp3) is 0.385. The van der Waals surface area contributed by atoms with Crippen LogP contribution in [0.15, 0.2) is 23.2 Å². The summed E-state index contributed by atoms with van der Waals surface area (Å²) in [5, 5.41) is 0.825. The molecule has 1 aromatic rings. The third-order valence-electron chi connectivity index (χ3n) is 2.88. The summed E-state index contributed by atoms with van der Waals surface area (Å²) in [6.45, 7) is 6.79. The molecule has 1 aliphatic heterocycles. The molecule has 0 atom stereocenters. The first-order valence-corrected chi connectivity index (χ1v) is 6.70. The number of hydrogen-bond acceptors (Lipinski definition) is 3. The molecule has 1 aromatic carbocycles. The molecule has 17 heavy (non-hydrogen) atoms. The smallest absolute Gasteiger partial charge is 0.243 e. The molecule has 0 N–H and O–H groups in total. The molecule has 0 bridgehead atoms. The number of carbonyl (C=O) groups excluding carboxylic acids is 1. The third kappa shape index (κ3) is 2.22. The van der Waals surface area contributed by atoms with Crippen LogP contribution in [0, 0.1) is 13.8 Å². The van der Waals surface area contributed by atoms with Crippen LogP contribution in [-0.4, -0.2) is 23.4 Å². The quantitative estimate of drug-likeness (QED) is 0.806. The largest absolute Gasteiger partial charge is 0.273 e. The minimum Gasteiger partial charge on any atom is -0.273 e. The van der Waals surface area contributed by atoms with Crippen LogP contribution in [0.25, 0.3) is 0 Å². The van der Waals surface area contributed by atoms with Crippen molar-refractivity contribution in [3.63, 3.8) is 0 Å². The Morgan fingerprint density at radius 2 is 2.18 bits per heavy atom. The number of nitrogens with zero attached hydrogens (tertiary/aromatic N) is 2. The van der Waals surface area contributed by atoms with Gasteiger partial charge in [-0.3, -0.25) is 14.7 Å². The van der Waals surface area contributed by atoms with E-state index in [0.29, 0.717) is 12.3 Å². The zero-order valence-corrected chi connectivity index (χ0v) is 11.2. The van der Waals surface area contributed by atoms with Gasteiger partial charge in [0.1, 0.15) is 0 Å². The Morgan fingerprint density at radius 3 is 2.88 bits per heavy atom. The highest BCUT2D eigenvalue weighted by Crippen LogP contribution is 2.30. The van der Waals surface area contributed by atoms with Gasteiger partial charge in [-0.15, -0.1) is 0 Å². The zero-order valence-electron chi connectivity index (χ0n) is 10.4. The highest BCUT2D eigenvalue weighted by atomic mass is 32.2. The number of benzene rings is 1. The Hall–Kier alpha value is -1.29. The molecule has 0 saturated carbocycles. The molecule has 0 aromatic heterocycles. The lowest BCUT2D eigenvalue weighted by Crippen LogP contribution is -2.30. The van der Waals surface area contributed by atoms with E-state index >= 15 is 0 Å². The monoisotopic (exact) mass is 248 g/mol. The SMILES string of the molecule is CC/N=C1\SCC(=O)N1c1cccc(C)c1C. The van der Waals surface area contributed by atoms with Crippen LogP contribution in [0.1, 0.15) is 18.1 Å². The summed E-state index contributed by atoms with van der Waals surface area (Å²) in [6.07, 6.45) is 0. The summed E-state index contributed by atoms with van der Waals surface area (Å²) in [4.78, 5) is 18.1. The molecular formula is C13H16N2OS. The first kappa shape index (κ1) is 12.2. The predicted octanol–water partition coefficient (Wildman–Crippen LogP) is 2.76. The van der Waals surface area contributed by atoms with E-state index in [-0.39, 0.29) is 5.91 Å². The minimum absolute atomic E-state index is 0.121. The van der Waals surface area contributed by atoms with Gasteiger partial charge in [0.25, 0.3) is 0 Å². The van der Waals surface area contributed by atoms with Crippen molar-refractivity contribution in [2.24, 2.45) is 4.99 Å². The molecule has 1 amide bonds. The molecule has 1 fully saturated rings. The van der Waals surface area contributed by atoms with Gasteiger partial charge in [0.2, 0.25) is 5.91 Å². The van der Waals surface area contributed by atoms with E-state index < -0.39 is 0 Å². The van der Waals surface area contributed by atoms with Crippen molar-refractivity contribution < 1.29 is 4.79 Å². The van der Waals surface area contributed by atoms with Gasteiger partial charge in [-0.2, -0.15) is 0 Å². The van der Waals surface area contributed by atoms with E-state index in [1.54, 1.807) is 4.90 Å². The van der Waals surface area contributed by atoms with Crippen LogP contribution in [-0.2, 0) is 4.79 Å². The average Bonchev–Trinajstić information content (AvgIpc) is 2.65. The summed E-state index contributed by atoms with van der Waals surface area (Å²) in [5.74, 6) is 0.613. The predicted molar refractivity (Wildman–Crippen MR) is 73.8 cm³/mol. The summed E-state index contributed by atoms with van der Waals surface area (Å²) in [6, 6.07) is 6.03. The normalized spacial score (nSPS) is 18.2. The number of amides is 1. The van der Waals surface area contributed by atoms with Crippen molar-refractivity contribution in [3.8, 4) is 0 Å². The Kier molecular flexibility index (Phi) is 3.52. The van der Waals surface area contributed by atoms with Crippen LogP contribution in [0.3, 0.4) is 0 Å². The van der Waals surface area contributed by atoms with Crippen LogP contribution in [0.4, 0.5) is 5.69 Å². The van der Waals surface area contributed by atoms with Gasteiger partial charge in [-0.25, -0.2) is 0 Å². The van der Waals surface area contributed by atoms with Gasteiger partial charge < -0.3 is 0 Å². The van der Waals surface area contributed by atoms with Crippen molar-refractivity contribution >= 4 is 28.5 Å². The second-order valence-electron chi connectivity index (χ2n) is 3.99. The number of aryl methyl sites for hydroxylation is 1. The van der Waals surface area contributed by atoms with Crippen LogP contribution >= 0.6 is 11.8 Å². The molecule has 0 aliphatic carbocycles. The first-order valence-electron chi connectivity index (χ1n) is 5.71. The molecule has 0 unspecified atom stereocenters. The van der Waals surface area contributed by atoms with E-state index in [9.17, 15) is 4.79 Å². The van der Waals surface area contributed by atoms with Crippen molar-refractivity contribution in [2.45, 2.75) is 20.8 Å². The topological polar surface area (TPSA) is 32.7 Å². The zero-order chi connectivity index (χ0) is 12.4. The van der Waals surface area contributed by atoms with Gasteiger partial charge in [0, 0.05) is 6.54 Å². The van der Waals surface area contributed by atoms with E-state index in [2.05, 4.69) is 18.0 Å². The van der Waals surface area contributed by atoms with Gasteiger partial charge in [-0.1, -0.05) is 23.9 Å². The number of anilines is 1. The van der Waals surface area contributed by atoms with Crippen LogP contribution < -0.4 is 4.90 Å². The van der Waals surface area contributed by atoms with E-state index in [4.69, 9.17) is 0 Å². The van der Waals surface area contributed by atoms with Crippen molar-refractivity contribution in [1.82, 2.24) is 0 Å². The molecule has 1 aliphatic rings. The average molecular weight is 248 g/mol. The Morgan fingerprint density at radius 1 is 1.41 bits per heavy atom. The number of amidine groups is 1. The maximum atomic E-state index is 11.9. The van der Waals surface area contributed by atoms with Crippen molar-refractivity contribution in [3.05, 3.63) is 29.3 Å². The van der Waals surface area contributed by atoms with Gasteiger partial charge in [0.05, 0.1) is 11.4 Å². The molecular weight excluding hydrogens is 232 g/mol. The third-order valence-corrected chi connectivity index (χ3v) is 3.84. The van der Waals surface area contributed by atoms with Crippen LogP contribution in [0.2, 0.25) is 0 Å². The fourth-order valence-corrected chi connectivity index (χ4v) is 2.76. The first-order chi connectivity index (χ1) is 8.15. The maximum Gasteiger partial charge on any atom is 0.243 e. The molecule has 0 radical (unpaired) electrons. The lowest BCUT2D eigenvalue weighted by atomic mass is 10.1. The van der Waals surface area contributed by atoms with Crippen LogP contribution in [0.5, 0.6) is 0 Å². The molecule has 4 heteroatoms. The summed E-state index contributed by atoms with van der Waals surface area (Å²) < 4.78 is 0. The Labute approximate surface area is 106 Å². The summed E-state index contributed by atoms with van der Waals surface area (Å²) in [5.41, 5.74) is 3.31. The number of hydrogen-bond donors (Lipinski definition) is 0. The van der Waals surface area contributed by atoms with Gasteiger partial charge in [0.15, 0.2) is 5.17 Å². The Balaban J connectivity index is 2.47. The molecule has 90 valence electrons. The molecule has 1 heterocycles. The Bertz CT molecular complexity index is 482. The van der Waals surface area contributed by atoms with Crippen molar-refractivity contribution in [2.75, 3.05) is 17.2 Å². The number of aliphatic imine (C=N–C) groups is 1. The van der Waals surface area contributed by atoms with Crippen molar-refractivity contribution in [1.29, 1.82) is 0 Å². The molecule has 0 spiro atoms. The highest BCUT2D eigenvalue weighted by molar-refractivity contribution is 8.15. The molecule has 3 nitrogen and oxygen atoms in total. The standard InChI is InChI=1S/C13H16N2OS/c1-4-14-13-15(12(16)8-17-13)11-7-5-6-9(2)10(11)3/h5-7H,4,8H2,1-3H3/b14-13-. The van der Waals surface area contributed by atoms with Gasteiger partial charge in [-0.05, 0) is 38.0 Å². The van der Waals surface area contributed by atoms with E-state index in [1.807, 2.05) is 26.0 Å². The summed E-state index contributed by atoms with van der Waals surface area (Å²) in [7, 11) is 0. The lowest BCUT2D eigenvalue weighted by molar-refractivity contribution is -0.115. The number of thioether (sulfide) groups is 1. The lowest BCUT2D eigenvalue weighted by Gasteiger charge is -2.19.